The molecule has 1 heterocycles. The van der Waals surface area contributed by atoms with Crippen molar-refractivity contribution in [3.05, 3.63) is 53.7 Å². The summed E-state index contributed by atoms with van der Waals surface area (Å²) in [6, 6.07) is 14.5. The molecule has 1 unspecified atom stereocenters. The number of fused-ring (bicyclic) bond motifs is 1. The van der Waals surface area contributed by atoms with E-state index in [1.807, 2.05) is 37.3 Å². The van der Waals surface area contributed by atoms with Gasteiger partial charge in [-0.1, -0.05) is 37.3 Å². The van der Waals surface area contributed by atoms with E-state index in [0.29, 0.717) is 23.5 Å². The molecular formula is C16H17N3O3. The molecule has 3 rings (SSSR count). The fourth-order valence-corrected chi connectivity index (χ4v) is 2.27. The first kappa shape index (κ1) is 14.5. The van der Waals surface area contributed by atoms with Gasteiger partial charge >= 0.3 is 0 Å². The summed E-state index contributed by atoms with van der Waals surface area (Å²) in [6.07, 6.45) is 0.854. The lowest BCUT2D eigenvalue weighted by Crippen LogP contribution is -2.99. The summed E-state index contributed by atoms with van der Waals surface area (Å²) in [4.78, 5) is 10.4. The zero-order chi connectivity index (χ0) is 15.5. The third-order valence-electron chi connectivity index (χ3n) is 3.32. The van der Waals surface area contributed by atoms with Gasteiger partial charge in [-0.3, -0.25) is 0 Å². The van der Waals surface area contributed by atoms with Gasteiger partial charge in [0, 0.05) is 17.7 Å². The number of imidazole rings is 1. The molecule has 6 heteroatoms. The van der Waals surface area contributed by atoms with Crippen LogP contribution in [0.15, 0.2) is 48.5 Å². The van der Waals surface area contributed by atoms with E-state index in [0.717, 1.165) is 12.0 Å². The molecule has 0 saturated carbocycles. The van der Waals surface area contributed by atoms with Crippen molar-refractivity contribution in [1.82, 2.24) is 9.71 Å². The zero-order valence-corrected chi connectivity index (χ0v) is 12.2. The van der Waals surface area contributed by atoms with Gasteiger partial charge in [-0.25, -0.2) is 10.2 Å². The molecule has 3 aromatic rings. The molecule has 0 amide bonds. The van der Waals surface area contributed by atoms with Crippen molar-refractivity contribution < 1.29 is 15.3 Å². The van der Waals surface area contributed by atoms with Gasteiger partial charge in [0.15, 0.2) is 11.5 Å². The lowest BCUT2D eigenvalue weighted by molar-refractivity contribution is -0.991. The van der Waals surface area contributed by atoms with E-state index < -0.39 is 5.23 Å². The van der Waals surface area contributed by atoms with E-state index in [1.165, 1.54) is 0 Å². The number of nitrogens with one attached hydrogen (secondary N) is 1. The van der Waals surface area contributed by atoms with Gasteiger partial charge in [-0.2, -0.15) is 9.96 Å². The van der Waals surface area contributed by atoms with Gasteiger partial charge in [-0.15, -0.1) is 0 Å². The Balaban J connectivity index is 2.18. The smallest absolute Gasteiger partial charge is 0.176 e. The number of nitrogens with zero attached hydrogens (tertiary/aromatic N) is 2. The van der Waals surface area contributed by atoms with Crippen LogP contribution in [0.2, 0.25) is 0 Å². The van der Waals surface area contributed by atoms with Crippen LogP contribution in [0.5, 0.6) is 0 Å². The van der Waals surface area contributed by atoms with E-state index in [9.17, 15) is 5.21 Å². The Morgan fingerprint density at radius 3 is 2.68 bits per heavy atom. The van der Waals surface area contributed by atoms with Crippen molar-refractivity contribution in [3.8, 4) is 11.4 Å². The van der Waals surface area contributed by atoms with Crippen molar-refractivity contribution in [2.24, 2.45) is 0 Å². The van der Waals surface area contributed by atoms with Crippen molar-refractivity contribution in [1.29, 1.82) is 0 Å². The number of hydrogen-bond donors (Lipinski definition) is 2. The van der Waals surface area contributed by atoms with E-state index >= 15 is 0 Å². The minimum atomic E-state index is -0.966. The second-order valence-electron chi connectivity index (χ2n) is 4.94. The zero-order valence-electron chi connectivity index (χ0n) is 12.2. The standard InChI is InChI=1S/C16H17N3O3/c1-2-10-22-18-15-11-13(19(20)21)8-9-14(15)17-16(18)12-6-4-3-5-7-12/h3-9,11,19-20H,2,10H2,1H3. The Hall–Kier alpha value is -2.41. The molecule has 0 aliphatic carbocycles. The second kappa shape index (κ2) is 6.15. The highest BCUT2D eigenvalue weighted by Gasteiger charge is 2.15. The average Bonchev–Trinajstić information content (AvgIpc) is 2.91. The Morgan fingerprint density at radius 2 is 2.00 bits per heavy atom. The van der Waals surface area contributed by atoms with Crippen LogP contribution >= 0.6 is 0 Å². The van der Waals surface area contributed by atoms with Gasteiger partial charge < -0.3 is 10.0 Å². The molecule has 1 atom stereocenters. The van der Waals surface area contributed by atoms with Crippen molar-refractivity contribution in [2.45, 2.75) is 13.3 Å². The van der Waals surface area contributed by atoms with Gasteiger partial charge in [0.05, 0.1) is 5.52 Å². The van der Waals surface area contributed by atoms with Crippen molar-refractivity contribution >= 4 is 16.7 Å². The Bertz CT molecular complexity index is 769. The molecule has 1 aromatic heterocycles. The quantitative estimate of drug-likeness (QED) is 0.706. The normalized spacial score (nSPS) is 12.5. The molecule has 0 spiro atoms. The highest BCUT2D eigenvalue weighted by Crippen LogP contribution is 2.25. The highest BCUT2D eigenvalue weighted by atomic mass is 16.8. The fraction of sp³-hybridized carbons (Fsp3) is 0.188. The first-order valence-corrected chi connectivity index (χ1v) is 7.15. The van der Waals surface area contributed by atoms with Crippen molar-refractivity contribution in [3.63, 3.8) is 0 Å². The summed E-state index contributed by atoms with van der Waals surface area (Å²) in [5.74, 6) is 0.673. The molecule has 0 radical (unpaired) electrons. The molecule has 0 bridgehead atoms. The summed E-state index contributed by atoms with van der Waals surface area (Å²) < 4.78 is 1.63. The second-order valence-corrected chi connectivity index (χ2v) is 4.94. The van der Waals surface area contributed by atoms with Crippen LogP contribution in [0.4, 0.5) is 5.69 Å². The monoisotopic (exact) mass is 299 g/mol. The SMILES string of the molecule is CCCOn1c(-c2ccccc2)nc2ccc([NH+]([O-])O)cc21. The fourth-order valence-electron chi connectivity index (χ4n) is 2.27. The summed E-state index contributed by atoms with van der Waals surface area (Å²) >= 11 is 0. The van der Waals surface area contributed by atoms with Crippen LogP contribution in [0.3, 0.4) is 0 Å². The Labute approximate surface area is 127 Å². The molecule has 0 aliphatic rings. The topological polar surface area (TPSA) is 74.8 Å². The van der Waals surface area contributed by atoms with Crippen LogP contribution in [0.1, 0.15) is 13.3 Å². The maximum atomic E-state index is 11.2. The highest BCUT2D eigenvalue weighted by molar-refractivity contribution is 5.82. The maximum absolute atomic E-state index is 11.2. The number of benzene rings is 2. The van der Waals surface area contributed by atoms with Crippen LogP contribution in [-0.4, -0.2) is 21.5 Å². The third kappa shape index (κ3) is 2.67. The summed E-state index contributed by atoms with van der Waals surface area (Å²) in [5.41, 5.74) is 2.51. The molecule has 0 saturated heterocycles. The largest absolute Gasteiger partial charge is 0.595 e. The van der Waals surface area contributed by atoms with E-state index in [4.69, 9.17) is 10.0 Å². The first-order chi connectivity index (χ1) is 10.7. The van der Waals surface area contributed by atoms with Crippen LogP contribution < -0.4 is 10.1 Å². The number of rotatable bonds is 5. The Morgan fingerprint density at radius 1 is 1.23 bits per heavy atom. The molecule has 0 fully saturated rings. The van der Waals surface area contributed by atoms with Crippen LogP contribution in [0, 0.1) is 5.21 Å². The van der Waals surface area contributed by atoms with Gasteiger partial charge in [0.1, 0.15) is 12.1 Å². The van der Waals surface area contributed by atoms with Gasteiger partial charge in [-0.05, 0) is 12.5 Å². The van der Waals surface area contributed by atoms with E-state index in [-0.39, 0.29) is 5.69 Å². The number of hydrogen-bond acceptors (Lipinski definition) is 4. The molecule has 114 valence electrons. The summed E-state index contributed by atoms with van der Waals surface area (Å²) in [5, 5.41) is 19.4. The van der Waals surface area contributed by atoms with E-state index in [2.05, 4.69) is 4.98 Å². The summed E-state index contributed by atoms with van der Waals surface area (Å²) in [6.45, 7) is 2.55. The Kier molecular flexibility index (Phi) is 4.06. The maximum Gasteiger partial charge on any atom is 0.176 e. The van der Waals surface area contributed by atoms with Crippen LogP contribution in [-0.2, 0) is 0 Å². The number of quaternary nitrogens is 1. The van der Waals surface area contributed by atoms with Crippen LogP contribution in [0.25, 0.3) is 22.4 Å². The predicted molar refractivity (Wildman–Crippen MR) is 82.7 cm³/mol. The summed E-state index contributed by atoms with van der Waals surface area (Å²) in [7, 11) is 0. The van der Waals surface area contributed by atoms with Gasteiger partial charge in [0.25, 0.3) is 0 Å². The molecule has 0 aliphatic heterocycles. The lowest BCUT2D eigenvalue weighted by atomic mass is 10.2. The minimum absolute atomic E-state index is 0.216. The molecule has 2 N–H and O–H groups in total. The molecule has 2 aromatic carbocycles. The number of aromatic nitrogens is 2. The molecule has 6 nitrogen and oxygen atoms in total. The van der Waals surface area contributed by atoms with Crippen molar-refractivity contribution in [2.75, 3.05) is 6.61 Å². The first-order valence-electron chi connectivity index (χ1n) is 7.15. The molecular weight excluding hydrogens is 282 g/mol. The van der Waals surface area contributed by atoms with Gasteiger partial charge in [0.2, 0.25) is 0 Å². The third-order valence-corrected chi connectivity index (χ3v) is 3.32. The lowest BCUT2D eigenvalue weighted by Gasteiger charge is -2.13. The minimum Gasteiger partial charge on any atom is -0.595 e. The predicted octanol–water partition coefficient (Wildman–Crippen LogP) is 1.95. The average molecular weight is 299 g/mol. The van der Waals surface area contributed by atoms with E-state index in [1.54, 1.807) is 22.9 Å². The molecule has 22 heavy (non-hydrogen) atoms.